The second-order valence-corrected chi connectivity index (χ2v) is 6.73. The van der Waals surface area contributed by atoms with Crippen molar-refractivity contribution in [2.24, 2.45) is 0 Å². The molecular weight excluding hydrogens is 328 g/mol. The van der Waals surface area contributed by atoms with Crippen LogP contribution in [0.1, 0.15) is 13.8 Å². The molecule has 0 atom stereocenters. The molecule has 27 heavy (non-hydrogen) atoms. The second-order valence-electron chi connectivity index (χ2n) is 6.73. The van der Waals surface area contributed by atoms with E-state index < -0.39 is 0 Å². The van der Waals surface area contributed by atoms with Gasteiger partial charge in [-0.2, -0.15) is 0 Å². The molecule has 0 amide bonds. The minimum absolute atomic E-state index is 0.844. The highest BCUT2D eigenvalue weighted by molar-refractivity contribution is 6.08. The minimum atomic E-state index is 0.844. The number of hydrogen-bond acceptors (Lipinski definition) is 1. The molecule has 0 saturated carbocycles. The molecule has 0 aliphatic heterocycles. The average molecular weight is 352 g/mol. The Morgan fingerprint density at radius 2 is 0.704 bits per heavy atom. The molecule has 0 N–H and O–H groups in total. The third-order valence-electron chi connectivity index (χ3n) is 4.93. The number of fused-ring (bicyclic) bond motifs is 4. The molecule has 134 valence electrons. The Balaban J connectivity index is 0.000000323. The smallest absolute Gasteiger partial charge is 0.0437 e. The van der Waals surface area contributed by atoms with Gasteiger partial charge < -0.3 is 4.74 Å². The van der Waals surface area contributed by atoms with E-state index in [2.05, 4.69) is 84.9 Å². The topological polar surface area (TPSA) is 9.23 Å². The molecule has 0 saturated heterocycles. The van der Waals surface area contributed by atoms with Gasteiger partial charge in [0, 0.05) is 13.2 Å². The number of benzene rings is 5. The lowest BCUT2D eigenvalue weighted by molar-refractivity contribution is 0.162. The van der Waals surface area contributed by atoms with E-state index in [1.165, 1.54) is 43.1 Å². The monoisotopic (exact) mass is 352 g/mol. The zero-order valence-electron chi connectivity index (χ0n) is 15.9. The molecule has 0 aliphatic carbocycles. The van der Waals surface area contributed by atoms with Gasteiger partial charge in [-0.25, -0.2) is 0 Å². The fraction of sp³-hybridized carbons (Fsp3) is 0.154. The lowest BCUT2D eigenvalue weighted by Crippen LogP contribution is -1.84. The van der Waals surface area contributed by atoms with Gasteiger partial charge in [-0.05, 0) is 93.3 Å². The van der Waals surface area contributed by atoms with Crippen molar-refractivity contribution in [3.63, 3.8) is 0 Å². The maximum atomic E-state index is 4.83. The van der Waals surface area contributed by atoms with Crippen LogP contribution in [-0.4, -0.2) is 13.2 Å². The van der Waals surface area contributed by atoms with E-state index in [0.29, 0.717) is 0 Å². The van der Waals surface area contributed by atoms with Crippen LogP contribution in [0, 0.1) is 0 Å². The lowest BCUT2D eigenvalue weighted by Gasteiger charge is -2.07. The van der Waals surface area contributed by atoms with E-state index in [0.717, 1.165) is 13.2 Å². The Morgan fingerprint density at radius 3 is 0.926 bits per heavy atom. The fourth-order valence-electron chi connectivity index (χ4n) is 3.59. The highest BCUT2D eigenvalue weighted by Gasteiger charge is 2.02. The summed E-state index contributed by atoms with van der Waals surface area (Å²) in [7, 11) is 0. The van der Waals surface area contributed by atoms with Gasteiger partial charge in [0.05, 0.1) is 0 Å². The van der Waals surface area contributed by atoms with Crippen LogP contribution in [0.5, 0.6) is 0 Å². The van der Waals surface area contributed by atoms with Gasteiger partial charge >= 0.3 is 0 Å². The third kappa shape index (κ3) is 3.65. The van der Waals surface area contributed by atoms with Gasteiger partial charge in [-0.3, -0.25) is 0 Å². The molecule has 0 radical (unpaired) electrons. The fourth-order valence-corrected chi connectivity index (χ4v) is 3.59. The summed E-state index contributed by atoms with van der Waals surface area (Å²) in [4.78, 5) is 0. The van der Waals surface area contributed by atoms with Crippen LogP contribution in [0.2, 0.25) is 0 Å². The molecule has 1 heteroatoms. The molecule has 0 spiro atoms. The quantitative estimate of drug-likeness (QED) is 0.302. The first-order valence-corrected chi connectivity index (χ1v) is 9.61. The van der Waals surface area contributed by atoms with Gasteiger partial charge in [0.15, 0.2) is 0 Å². The zero-order chi connectivity index (χ0) is 18.6. The first-order valence-electron chi connectivity index (χ1n) is 9.61. The summed E-state index contributed by atoms with van der Waals surface area (Å²) in [6.07, 6.45) is 0. The standard InChI is InChI=1S/C22H14.C4H10O/c1-2-6-16-10-20-14-22-12-18-8-4-3-7-17(18)11-21(22)13-19(20)9-15(16)5-1;1-3-5-4-2/h1-14H;3-4H2,1-2H3. The highest BCUT2D eigenvalue weighted by atomic mass is 16.5. The van der Waals surface area contributed by atoms with Crippen molar-refractivity contribution in [1.82, 2.24) is 0 Å². The average Bonchev–Trinajstić information content (AvgIpc) is 2.70. The van der Waals surface area contributed by atoms with Crippen molar-refractivity contribution in [2.75, 3.05) is 13.2 Å². The Bertz CT molecular complexity index is 1030. The molecule has 0 bridgehead atoms. The van der Waals surface area contributed by atoms with Crippen LogP contribution in [0.4, 0.5) is 0 Å². The molecule has 0 unspecified atom stereocenters. The van der Waals surface area contributed by atoms with E-state index in [9.17, 15) is 0 Å². The van der Waals surface area contributed by atoms with Crippen LogP contribution in [0.3, 0.4) is 0 Å². The number of hydrogen-bond donors (Lipinski definition) is 0. The molecular formula is C26H24O. The summed E-state index contributed by atoms with van der Waals surface area (Å²) in [5, 5.41) is 10.4. The summed E-state index contributed by atoms with van der Waals surface area (Å²) in [6.45, 7) is 5.67. The first kappa shape index (κ1) is 17.5. The summed E-state index contributed by atoms with van der Waals surface area (Å²) in [5.41, 5.74) is 0. The third-order valence-corrected chi connectivity index (χ3v) is 4.93. The lowest BCUT2D eigenvalue weighted by atomic mass is 9.97. The molecule has 0 aromatic heterocycles. The predicted molar refractivity (Wildman–Crippen MR) is 119 cm³/mol. The van der Waals surface area contributed by atoms with E-state index in [1.807, 2.05) is 13.8 Å². The zero-order valence-corrected chi connectivity index (χ0v) is 15.9. The van der Waals surface area contributed by atoms with Crippen molar-refractivity contribution in [1.29, 1.82) is 0 Å². The normalized spacial score (nSPS) is 11.0. The molecule has 0 aliphatic rings. The van der Waals surface area contributed by atoms with Crippen LogP contribution in [0.15, 0.2) is 84.9 Å². The number of ether oxygens (including phenoxy) is 1. The van der Waals surface area contributed by atoms with Gasteiger partial charge in [0.25, 0.3) is 0 Å². The maximum Gasteiger partial charge on any atom is 0.0437 e. The first-order chi connectivity index (χ1) is 13.3. The van der Waals surface area contributed by atoms with Gasteiger partial charge in [0.1, 0.15) is 0 Å². The van der Waals surface area contributed by atoms with Crippen molar-refractivity contribution in [2.45, 2.75) is 13.8 Å². The Labute approximate surface area is 160 Å². The van der Waals surface area contributed by atoms with Gasteiger partial charge in [-0.1, -0.05) is 48.5 Å². The van der Waals surface area contributed by atoms with Crippen LogP contribution in [-0.2, 0) is 4.74 Å². The molecule has 5 rings (SSSR count). The van der Waals surface area contributed by atoms with Crippen molar-refractivity contribution < 1.29 is 4.74 Å². The molecule has 5 aromatic rings. The van der Waals surface area contributed by atoms with Crippen LogP contribution in [0.25, 0.3) is 43.1 Å². The van der Waals surface area contributed by atoms with Crippen LogP contribution < -0.4 is 0 Å². The van der Waals surface area contributed by atoms with E-state index in [1.54, 1.807) is 0 Å². The molecule has 0 heterocycles. The highest BCUT2D eigenvalue weighted by Crippen LogP contribution is 2.29. The van der Waals surface area contributed by atoms with Crippen molar-refractivity contribution in [3.8, 4) is 0 Å². The Morgan fingerprint density at radius 1 is 0.444 bits per heavy atom. The van der Waals surface area contributed by atoms with Crippen LogP contribution >= 0.6 is 0 Å². The Hall–Kier alpha value is -2.90. The maximum absolute atomic E-state index is 4.83. The van der Waals surface area contributed by atoms with Gasteiger partial charge in [-0.15, -0.1) is 0 Å². The molecule has 5 aromatic carbocycles. The summed E-state index contributed by atoms with van der Waals surface area (Å²) < 4.78 is 4.83. The summed E-state index contributed by atoms with van der Waals surface area (Å²) in [5.74, 6) is 0. The van der Waals surface area contributed by atoms with Gasteiger partial charge in [0.2, 0.25) is 0 Å². The Kier molecular flexibility index (Phi) is 5.04. The molecule has 1 nitrogen and oxygen atoms in total. The SMILES string of the molecule is CCOCC.c1ccc2cc3cc4cc5ccccc5cc4cc3cc2c1. The minimum Gasteiger partial charge on any atom is -0.382 e. The predicted octanol–water partition coefficient (Wildman–Crippen LogP) is 7.34. The summed E-state index contributed by atoms with van der Waals surface area (Å²) in [6, 6.07) is 30.9. The van der Waals surface area contributed by atoms with E-state index >= 15 is 0 Å². The second kappa shape index (κ2) is 7.77. The number of rotatable bonds is 2. The van der Waals surface area contributed by atoms with E-state index in [-0.39, 0.29) is 0 Å². The van der Waals surface area contributed by atoms with E-state index in [4.69, 9.17) is 4.74 Å². The summed E-state index contributed by atoms with van der Waals surface area (Å²) >= 11 is 0. The molecule has 0 fully saturated rings. The van der Waals surface area contributed by atoms with Crippen molar-refractivity contribution in [3.05, 3.63) is 84.9 Å². The largest absolute Gasteiger partial charge is 0.382 e. The van der Waals surface area contributed by atoms with Crippen molar-refractivity contribution >= 4 is 43.1 Å².